The van der Waals surface area contributed by atoms with Crippen LogP contribution in [0.3, 0.4) is 0 Å². The normalized spacial score (nSPS) is 14.0. The molecule has 1 fully saturated rings. The van der Waals surface area contributed by atoms with Gasteiger partial charge in [0.05, 0.1) is 0 Å². The molecule has 1 heterocycles. The highest BCUT2D eigenvalue weighted by Gasteiger charge is 2.27. The van der Waals surface area contributed by atoms with Gasteiger partial charge < -0.3 is 10.6 Å². The summed E-state index contributed by atoms with van der Waals surface area (Å²) in [5.74, 6) is 1.03. The fourth-order valence-electron chi connectivity index (χ4n) is 2.05. The topological polar surface area (TPSA) is 49.8 Å². The number of hydrogen-bond acceptors (Lipinski definition) is 4. The Labute approximate surface area is 121 Å². The summed E-state index contributed by atoms with van der Waals surface area (Å²) in [7, 11) is 1.80. The van der Waals surface area contributed by atoms with Crippen LogP contribution in [-0.2, 0) is 6.54 Å². The van der Waals surface area contributed by atoms with E-state index in [-0.39, 0.29) is 0 Å². The summed E-state index contributed by atoms with van der Waals surface area (Å²) in [6, 6.07) is 5.66. The first-order chi connectivity index (χ1) is 10.2. The van der Waals surface area contributed by atoms with Gasteiger partial charge in [-0.2, -0.15) is 0 Å². The van der Waals surface area contributed by atoms with Crippen LogP contribution in [0.25, 0.3) is 0 Å². The summed E-state index contributed by atoms with van der Waals surface area (Å²) in [5.41, 5.74) is 0.659. The van der Waals surface area contributed by atoms with Gasteiger partial charge in [0, 0.05) is 25.6 Å². The average molecular weight is 290 g/mol. The first-order valence-corrected chi connectivity index (χ1v) is 6.90. The van der Waals surface area contributed by atoms with Crippen molar-refractivity contribution in [1.82, 2.24) is 9.97 Å². The van der Waals surface area contributed by atoms with Crippen LogP contribution in [0.1, 0.15) is 30.1 Å². The molecule has 0 saturated heterocycles. The number of anilines is 2. The molecule has 0 unspecified atom stereocenters. The minimum absolute atomic E-state index is 0.376. The van der Waals surface area contributed by atoms with Crippen LogP contribution < -0.4 is 10.6 Å². The average Bonchev–Trinajstić information content (AvgIpc) is 3.33. The Morgan fingerprint density at radius 1 is 1.10 bits per heavy atom. The summed E-state index contributed by atoms with van der Waals surface area (Å²) in [6.45, 7) is 0.376. The highest BCUT2D eigenvalue weighted by Crippen LogP contribution is 2.38. The number of aromatic nitrogens is 2. The summed E-state index contributed by atoms with van der Waals surface area (Å²) in [4.78, 5) is 8.89. The van der Waals surface area contributed by atoms with Crippen LogP contribution >= 0.6 is 0 Å². The van der Waals surface area contributed by atoms with Crippen molar-refractivity contribution in [1.29, 1.82) is 0 Å². The molecule has 0 spiro atoms. The molecule has 1 aromatic heterocycles. The van der Waals surface area contributed by atoms with E-state index >= 15 is 0 Å². The summed E-state index contributed by atoms with van der Waals surface area (Å²) < 4.78 is 26.0. The lowest BCUT2D eigenvalue weighted by Crippen LogP contribution is -2.06. The van der Waals surface area contributed by atoms with Crippen LogP contribution in [0.4, 0.5) is 20.4 Å². The van der Waals surface area contributed by atoms with Gasteiger partial charge in [-0.1, -0.05) is 6.07 Å². The zero-order valence-electron chi connectivity index (χ0n) is 11.7. The largest absolute Gasteiger partial charge is 0.373 e. The molecule has 0 radical (unpaired) electrons. The Kier molecular flexibility index (Phi) is 3.68. The molecule has 1 aromatic carbocycles. The van der Waals surface area contributed by atoms with E-state index in [9.17, 15) is 8.78 Å². The van der Waals surface area contributed by atoms with Crippen molar-refractivity contribution < 1.29 is 8.78 Å². The second-order valence-corrected chi connectivity index (χ2v) is 5.12. The van der Waals surface area contributed by atoms with E-state index in [0.29, 0.717) is 23.8 Å². The van der Waals surface area contributed by atoms with E-state index in [1.165, 1.54) is 6.07 Å². The second kappa shape index (κ2) is 5.63. The number of nitrogens with zero attached hydrogens (tertiary/aromatic N) is 2. The first-order valence-electron chi connectivity index (χ1n) is 6.90. The Bertz CT molecular complexity index is 656. The zero-order valence-corrected chi connectivity index (χ0v) is 11.7. The van der Waals surface area contributed by atoms with E-state index in [4.69, 9.17) is 0 Å². The number of halogens is 2. The Morgan fingerprint density at radius 3 is 2.52 bits per heavy atom. The maximum atomic E-state index is 13.2. The molecule has 0 atom stereocenters. The smallest absolute Gasteiger partial charge is 0.159 e. The van der Waals surface area contributed by atoms with Crippen LogP contribution in [0.5, 0.6) is 0 Å². The van der Waals surface area contributed by atoms with Gasteiger partial charge in [0.15, 0.2) is 11.6 Å². The molecule has 110 valence electrons. The summed E-state index contributed by atoms with van der Waals surface area (Å²) >= 11 is 0. The van der Waals surface area contributed by atoms with Crippen molar-refractivity contribution in [3.05, 3.63) is 47.3 Å². The number of nitrogens with one attached hydrogen (secondary N) is 2. The van der Waals surface area contributed by atoms with Crippen molar-refractivity contribution in [3.63, 3.8) is 0 Å². The lowest BCUT2D eigenvalue weighted by molar-refractivity contribution is 0.507. The van der Waals surface area contributed by atoms with Gasteiger partial charge in [-0.05, 0) is 30.5 Å². The SMILES string of the molecule is CNc1cc(NCc2ccc(F)c(F)c2)nc(C2CC2)n1. The Morgan fingerprint density at radius 2 is 1.86 bits per heavy atom. The fraction of sp³-hybridized carbons (Fsp3) is 0.333. The fourth-order valence-corrected chi connectivity index (χ4v) is 2.05. The molecule has 3 rings (SSSR count). The van der Waals surface area contributed by atoms with Crippen LogP contribution in [0, 0.1) is 11.6 Å². The van der Waals surface area contributed by atoms with Crippen molar-refractivity contribution >= 4 is 11.6 Å². The molecule has 0 bridgehead atoms. The van der Waals surface area contributed by atoms with E-state index in [1.54, 1.807) is 19.2 Å². The minimum Gasteiger partial charge on any atom is -0.373 e. The zero-order chi connectivity index (χ0) is 14.8. The van der Waals surface area contributed by atoms with Crippen LogP contribution in [0.15, 0.2) is 24.3 Å². The molecule has 1 aliphatic carbocycles. The monoisotopic (exact) mass is 290 g/mol. The molecule has 0 aliphatic heterocycles. The highest BCUT2D eigenvalue weighted by molar-refractivity contribution is 5.48. The van der Waals surface area contributed by atoms with Crippen molar-refractivity contribution in [3.8, 4) is 0 Å². The summed E-state index contributed by atoms with van der Waals surface area (Å²) in [6.07, 6.45) is 2.24. The van der Waals surface area contributed by atoms with Gasteiger partial charge in [0.2, 0.25) is 0 Å². The molecule has 2 aromatic rings. The molecule has 1 aliphatic rings. The Balaban J connectivity index is 1.74. The van der Waals surface area contributed by atoms with Gasteiger partial charge in [0.1, 0.15) is 17.5 Å². The van der Waals surface area contributed by atoms with Gasteiger partial charge in [-0.25, -0.2) is 18.7 Å². The van der Waals surface area contributed by atoms with Crippen molar-refractivity contribution in [2.45, 2.75) is 25.3 Å². The standard InChI is InChI=1S/C15H16F2N4/c1-18-13-7-14(21-15(20-13)10-3-4-10)19-8-9-2-5-11(16)12(17)6-9/h2,5-7,10H,3-4,8H2,1H3,(H2,18,19,20,21). The predicted molar refractivity (Wildman–Crippen MR) is 77.2 cm³/mol. The van der Waals surface area contributed by atoms with Gasteiger partial charge in [0.25, 0.3) is 0 Å². The lowest BCUT2D eigenvalue weighted by Gasteiger charge is -2.10. The molecule has 6 heteroatoms. The molecule has 2 N–H and O–H groups in total. The van der Waals surface area contributed by atoms with Gasteiger partial charge >= 0.3 is 0 Å². The molecule has 1 saturated carbocycles. The third kappa shape index (κ3) is 3.26. The number of rotatable bonds is 5. The predicted octanol–water partition coefficient (Wildman–Crippen LogP) is 3.29. The van der Waals surface area contributed by atoms with E-state index < -0.39 is 11.6 Å². The molecule has 4 nitrogen and oxygen atoms in total. The molecular formula is C15H16F2N4. The maximum absolute atomic E-state index is 13.2. The molecular weight excluding hydrogens is 274 g/mol. The summed E-state index contributed by atoms with van der Waals surface area (Å²) in [5, 5.41) is 6.13. The minimum atomic E-state index is -0.841. The van der Waals surface area contributed by atoms with E-state index in [2.05, 4.69) is 20.6 Å². The van der Waals surface area contributed by atoms with E-state index in [0.717, 1.165) is 30.6 Å². The highest BCUT2D eigenvalue weighted by atomic mass is 19.2. The molecule has 0 amide bonds. The first kappa shape index (κ1) is 13.7. The van der Waals surface area contributed by atoms with Gasteiger partial charge in [-0.15, -0.1) is 0 Å². The Hall–Kier alpha value is -2.24. The third-order valence-electron chi connectivity index (χ3n) is 3.40. The third-order valence-corrected chi connectivity index (χ3v) is 3.40. The van der Waals surface area contributed by atoms with E-state index in [1.807, 2.05) is 0 Å². The van der Waals surface area contributed by atoms with Crippen molar-refractivity contribution in [2.24, 2.45) is 0 Å². The molecule has 21 heavy (non-hydrogen) atoms. The van der Waals surface area contributed by atoms with Gasteiger partial charge in [-0.3, -0.25) is 0 Å². The van der Waals surface area contributed by atoms with Crippen LogP contribution in [-0.4, -0.2) is 17.0 Å². The van der Waals surface area contributed by atoms with Crippen molar-refractivity contribution in [2.75, 3.05) is 17.7 Å². The lowest BCUT2D eigenvalue weighted by atomic mass is 10.2. The quantitative estimate of drug-likeness (QED) is 0.887. The second-order valence-electron chi connectivity index (χ2n) is 5.12. The maximum Gasteiger partial charge on any atom is 0.159 e. The van der Waals surface area contributed by atoms with Crippen LogP contribution in [0.2, 0.25) is 0 Å². The number of hydrogen-bond donors (Lipinski definition) is 2. The number of benzene rings is 1.